The summed E-state index contributed by atoms with van der Waals surface area (Å²) in [4.78, 5) is 22.7. The molecule has 0 bridgehead atoms. The van der Waals surface area contributed by atoms with E-state index >= 15 is 0 Å². The number of carboxylic acids is 1. The SMILES string of the molecule is CNC(=O)Cc1ccccc1NC1CCCC(C(=O)O)C1. The van der Waals surface area contributed by atoms with Crippen LogP contribution in [0.4, 0.5) is 5.69 Å². The molecule has 2 rings (SSSR count). The summed E-state index contributed by atoms with van der Waals surface area (Å²) >= 11 is 0. The van der Waals surface area contributed by atoms with E-state index in [-0.39, 0.29) is 17.9 Å². The predicted octanol–water partition coefficient (Wildman–Crippen LogP) is 2.03. The van der Waals surface area contributed by atoms with Crippen LogP contribution in [0.3, 0.4) is 0 Å². The molecule has 0 spiro atoms. The minimum atomic E-state index is -0.708. The molecular weight excluding hydrogens is 268 g/mol. The molecular formula is C16H22N2O3. The van der Waals surface area contributed by atoms with Crippen LogP contribution in [-0.2, 0) is 16.0 Å². The Morgan fingerprint density at radius 2 is 2.05 bits per heavy atom. The molecule has 0 saturated heterocycles. The molecule has 1 saturated carbocycles. The second-order valence-corrected chi connectivity index (χ2v) is 5.55. The summed E-state index contributed by atoms with van der Waals surface area (Å²) in [6.07, 6.45) is 3.62. The Hall–Kier alpha value is -2.04. The van der Waals surface area contributed by atoms with Crippen molar-refractivity contribution in [3.63, 3.8) is 0 Å². The standard InChI is InChI=1S/C16H22N2O3/c1-17-15(19)10-11-5-2-3-8-14(11)18-13-7-4-6-12(9-13)16(20)21/h2-3,5,8,12-13,18H,4,6-7,9-10H2,1H3,(H,17,19)(H,20,21). The van der Waals surface area contributed by atoms with E-state index in [9.17, 15) is 9.59 Å². The van der Waals surface area contributed by atoms with Gasteiger partial charge in [-0.15, -0.1) is 0 Å². The molecule has 3 N–H and O–H groups in total. The number of benzene rings is 1. The number of nitrogens with one attached hydrogen (secondary N) is 2. The maximum atomic E-state index is 11.6. The van der Waals surface area contributed by atoms with Gasteiger partial charge in [0.05, 0.1) is 12.3 Å². The fraction of sp³-hybridized carbons (Fsp3) is 0.500. The molecule has 2 unspecified atom stereocenters. The first-order valence-corrected chi connectivity index (χ1v) is 7.38. The summed E-state index contributed by atoms with van der Waals surface area (Å²) in [5.74, 6) is -1.00. The summed E-state index contributed by atoms with van der Waals surface area (Å²) in [6.45, 7) is 0. The van der Waals surface area contributed by atoms with Gasteiger partial charge in [0.25, 0.3) is 0 Å². The minimum Gasteiger partial charge on any atom is -0.481 e. The largest absolute Gasteiger partial charge is 0.481 e. The van der Waals surface area contributed by atoms with Crippen molar-refractivity contribution in [3.8, 4) is 0 Å². The summed E-state index contributed by atoms with van der Waals surface area (Å²) in [5.41, 5.74) is 1.87. The van der Waals surface area contributed by atoms with Crippen molar-refractivity contribution >= 4 is 17.6 Å². The van der Waals surface area contributed by atoms with Crippen LogP contribution in [0.5, 0.6) is 0 Å². The van der Waals surface area contributed by atoms with Crippen molar-refractivity contribution in [2.75, 3.05) is 12.4 Å². The van der Waals surface area contributed by atoms with Crippen molar-refractivity contribution < 1.29 is 14.7 Å². The Kier molecular flexibility index (Phi) is 5.20. The van der Waals surface area contributed by atoms with E-state index < -0.39 is 5.97 Å². The number of hydrogen-bond donors (Lipinski definition) is 3. The molecule has 114 valence electrons. The van der Waals surface area contributed by atoms with Gasteiger partial charge in [0.15, 0.2) is 0 Å². The van der Waals surface area contributed by atoms with Gasteiger partial charge in [-0.2, -0.15) is 0 Å². The van der Waals surface area contributed by atoms with Crippen molar-refractivity contribution in [2.24, 2.45) is 5.92 Å². The average molecular weight is 290 g/mol. The first-order valence-electron chi connectivity index (χ1n) is 7.38. The van der Waals surface area contributed by atoms with Gasteiger partial charge >= 0.3 is 5.97 Å². The Balaban J connectivity index is 2.05. The lowest BCUT2D eigenvalue weighted by molar-refractivity contribution is -0.142. The number of likely N-dealkylation sites (N-methyl/N-ethyl adjacent to an activating group) is 1. The van der Waals surface area contributed by atoms with E-state index in [1.807, 2.05) is 24.3 Å². The molecule has 5 nitrogen and oxygen atoms in total. The third kappa shape index (κ3) is 4.21. The fourth-order valence-electron chi connectivity index (χ4n) is 2.84. The highest BCUT2D eigenvalue weighted by Gasteiger charge is 2.27. The number of hydrogen-bond acceptors (Lipinski definition) is 3. The van der Waals surface area contributed by atoms with Gasteiger partial charge in [-0.3, -0.25) is 9.59 Å². The van der Waals surface area contributed by atoms with E-state index in [2.05, 4.69) is 10.6 Å². The van der Waals surface area contributed by atoms with Crippen molar-refractivity contribution in [1.29, 1.82) is 0 Å². The molecule has 1 aromatic carbocycles. The lowest BCUT2D eigenvalue weighted by Gasteiger charge is -2.29. The molecule has 0 radical (unpaired) electrons. The van der Waals surface area contributed by atoms with Gasteiger partial charge in [-0.1, -0.05) is 24.6 Å². The van der Waals surface area contributed by atoms with E-state index in [0.29, 0.717) is 12.8 Å². The number of carbonyl (C=O) groups excluding carboxylic acids is 1. The van der Waals surface area contributed by atoms with Crippen LogP contribution >= 0.6 is 0 Å². The summed E-state index contributed by atoms with van der Waals surface area (Å²) in [7, 11) is 1.62. The third-order valence-corrected chi connectivity index (χ3v) is 4.03. The number of para-hydroxylation sites is 1. The minimum absolute atomic E-state index is 0.0312. The average Bonchev–Trinajstić information content (AvgIpc) is 2.49. The molecule has 5 heteroatoms. The zero-order chi connectivity index (χ0) is 15.2. The van der Waals surface area contributed by atoms with Gasteiger partial charge < -0.3 is 15.7 Å². The van der Waals surface area contributed by atoms with Crippen LogP contribution in [0.2, 0.25) is 0 Å². The molecule has 2 atom stereocenters. The topological polar surface area (TPSA) is 78.4 Å². The lowest BCUT2D eigenvalue weighted by atomic mass is 9.85. The Labute approximate surface area is 124 Å². The van der Waals surface area contributed by atoms with Crippen LogP contribution in [0.15, 0.2) is 24.3 Å². The first-order chi connectivity index (χ1) is 10.1. The number of carbonyl (C=O) groups is 2. The van der Waals surface area contributed by atoms with Crippen LogP contribution in [-0.4, -0.2) is 30.1 Å². The zero-order valence-electron chi connectivity index (χ0n) is 12.3. The van der Waals surface area contributed by atoms with Gasteiger partial charge in [-0.25, -0.2) is 0 Å². The zero-order valence-corrected chi connectivity index (χ0v) is 12.3. The van der Waals surface area contributed by atoms with Crippen molar-refractivity contribution in [3.05, 3.63) is 29.8 Å². The summed E-state index contributed by atoms with van der Waals surface area (Å²) < 4.78 is 0. The first kappa shape index (κ1) is 15.4. The van der Waals surface area contributed by atoms with Gasteiger partial charge in [0.1, 0.15) is 0 Å². The molecule has 1 fully saturated rings. The Morgan fingerprint density at radius 1 is 1.29 bits per heavy atom. The van der Waals surface area contributed by atoms with Crippen LogP contribution < -0.4 is 10.6 Å². The second kappa shape index (κ2) is 7.11. The fourth-order valence-corrected chi connectivity index (χ4v) is 2.84. The molecule has 21 heavy (non-hydrogen) atoms. The van der Waals surface area contributed by atoms with Gasteiger partial charge in [0, 0.05) is 18.8 Å². The van der Waals surface area contributed by atoms with Crippen molar-refractivity contribution in [1.82, 2.24) is 5.32 Å². The molecule has 0 heterocycles. The van der Waals surface area contributed by atoms with Gasteiger partial charge in [0.2, 0.25) is 5.91 Å². The number of rotatable bonds is 5. The number of amides is 1. The van der Waals surface area contributed by atoms with E-state index in [1.165, 1.54) is 0 Å². The molecule has 1 amide bonds. The predicted molar refractivity (Wildman–Crippen MR) is 81.2 cm³/mol. The molecule has 1 aliphatic carbocycles. The van der Waals surface area contributed by atoms with E-state index in [4.69, 9.17) is 5.11 Å². The monoisotopic (exact) mass is 290 g/mol. The normalized spacial score (nSPS) is 21.6. The summed E-state index contributed by atoms with van der Waals surface area (Å²) in [5, 5.41) is 15.2. The van der Waals surface area contributed by atoms with Crippen LogP contribution in [0, 0.1) is 5.92 Å². The van der Waals surface area contributed by atoms with Crippen molar-refractivity contribution in [2.45, 2.75) is 38.1 Å². The maximum Gasteiger partial charge on any atom is 0.306 e. The number of aliphatic carboxylic acids is 1. The highest BCUT2D eigenvalue weighted by Crippen LogP contribution is 2.28. The van der Waals surface area contributed by atoms with Crippen LogP contribution in [0.1, 0.15) is 31.2 Å². The Morgan fingerprint density at radius 3 is 2.76 bits per heavy atom. The molecule has 0 aromatic heterocycles. The summed E-state index contributed by atoms with van der Waals surface area (Å²) in [6, 6.07) is 7.86. The number of anilines is 1. The molecule has 1 aromatic rings. The lowest BCUT2D eigenvalue weighted by Crippen LogP contribution is -2.31. The third-order valence-electron chi connectivity index (χ3n) is 4.03. The quantitative estimate of drug-likeness (QED) is 0.775. The maximum absolute atomic E-state index is 11.6. The van der Waals surface area contributed by atoms with Gasteiger partial charge in [-0.05, 0) is 30.9 Å². The van der Waals surface area contributed by atoms with Crippen LogP contribution in [0.25, 0.3) is 0 Å². The molecule has 0 aliphatic heterocycles. The second-order valence-electron chi connectivity index (χ2n) is 5.55. The molecule has 1 aliphatic rings. The Bertz CT molecular complexity index is 516. The highest BCUT2D eigenvalue weighted by molar-refractivity contribution is 5.80. The highest BCUT2D eigenvalue weighted by atomic mass is 16.4. The van der Waals surface area contributed by atoms with E-state index in [0.717, 1.165) is 30.5 Å². The smallest absolute Gasteiger partial charge is 0.306 e. The van der Waals surface area contributed by atoms with E-state index in [1.54, 1.807) is 7.05 Å². The number of carboxylic acid groups (broad SMARTS) is 1.